The van der Waals surface area contributed by atoms with Gasteiger partial charge in [0.2, 0.25) is 0 Å². The van der Waals surface area contributed by atoms with Crippen molar-refractivity contribution in [3.63, 3.8) is 0 Å². The van der Waals surface area contributed by atoms with Crippen molar-refractivity contribution in [3.05, 3.63) is 17.2 Å². The van der Waals surface area contributed by atoms with E-state index in [0.717, 1.165) is 6.42 Å². The summed E-state index contributed by atoms with van der Waals surface area (Å²) >= 11 is 4.24. The van der Waals surface area contributed by atoms with Crippen LogP contribution in [0.4, 0.5) is 4.39 Å². The number of aliphatic imine (C=N–C) groups is 1. The highest BCUT2D eigenvalue weighted by molar-refractivity contribution is 7.78. The van der Waals surface area contributed by atoms with E-state index >= 15 is 0 Å². The van der Waals surface area contributed by atoms with E-state index in [4.69, 9.17) is 0 Å². The van der Waals surface area contributed by atoms with Crippen LogP contribution in [-0.2, 0) is 6.42 Å². The Balaban J connectivity index is 3.00. The van der Waals surface area contributed by atoms with Crippen molar-refractivity contribution in [2.75, 3.05) is 0 Å². The Kier molecular flexibility index (Phi) is 3.62. The van der Waals surface area contributed by atoms with Crippen molar-refractivity contribution in [1.29, 1.82) is 0 Å². The summed E-state index contributed by atoms with van der Waals surface area (Å²) in [6.45, 7) is 1.89. The third kappa shape index (κ3) is 2.10. The summed E-state index contributed by atoms with van der Waals surface area (Å²) in [5.74, 6) is -1.43. The number of halogens is 1. The van der Waals surface area contributed by atoms with Gasteiger partial charge in [-0.15, -0.1) is 0 Å². The molecule has 1 amide bonds. The van der Waals surface area contributed by atoms with Gasteiger partial charge in [0.15, 0.2) is 11.5 Å². The van der Waals surface area contributed by atoms with Crippen LogP contribution in [0, 0.1) is 5.82 Å². The second-order valence-electron chi connectivity index (χ2n) is 2.62. The number of aromatic nitrogens is 2. The fourth-order valence-electron chi connectivity index (χ4n) is 1.01. The van der Waals surface area contributed by atoms with E-state index in [1.54, 1.807) is 0 Å². The Morgan fingerprint density at radius 1 is 1.79 bits per heavy atom. The van der Waals surface area contributed by atoms with E-state index in [1.807, 2.05) is 12.1 Å². The van der Waals surface area contributed by atoms with Gasteiger partial charge >= 0.3 is 5.91 Å². The van der Waals surface area contributed by atoms with Crippen molar-refractivity contribution < 1.29 is 9.18 Å². The number of aryl methyl sites for hydroxylation is 1. The highest BCUT2D eigenvalue weighted by Crippen LogP contribution is 2.11. The summed E-state index contributed by atoms with van der Waals surface area (Å²) in [6, 6.07) is 0. The van der Waals surface area contributed by atoms with Crippen LogP contribution in [0.1, 0.15) is 29.5 Å². The van der Waals surface area contributed by atoms with Gasteiger partial charge in [-0.2, -0.15) is 10.1 Å². The maximum Gasteiger partial charge on any atom is 0.306 e. The van der Waals surface area contributed by atoms with E-state index < -0.39 is 11.7 Å². The quantitative estimate of drug-likeness (QED) is 0.614. The van der Waals surface area contributed by atoms with Crippen molar-refractivity contribution in [2.45, 2.75) is 19.8 Å². The number of hydrogen-bond donors (Lipinski definition) is 1. The van der Waals surface area contributed by atoms with Crippen LogP contribution >= 0.6 is 12.2 Å². The lowest BCUT2D eigenvalue weighted by Crippen LogP contribution is -1.98. The van der Waals surface area contributed by atoms with E-state index in [-0.39, 0.29) is 11.4 Å². The lowest BCUT2D eigenvalue weighted by Gasteiger charge is -1.90. The number of H-pyrrole nitrogens is 1. The number of carbonyl (C=O) groups is 1. The smallest absolute Gasteiger partial charge is 0.270 e. The summed E-state index contributed by atoms with van der Waals surface area (Å²) in [5.41, 5.74) is -0.0128. The van der Waals surface area contributed by atoms with Crippen LogP contribution in [0.25, 0.3) is 0 Å². The number of thiocarbonyl (C=S) groups is 1. The SMILES string of the molecule is CCCc1n[nH]c(C(=O)N=C=S)c1F. The Morgan fingerprint density at radius 3 is 3.07 bits per heavy atom. The summed E-state index contributed by atoms with van der Waals surface area (Å²) in [6.07, 6.45) is 1.24. The minimum Gasteiger partial charge on any atom is -0.270 e. The normalized spacial score (nSPS) is 9.57. The number of nitrogens with zero attached hydrogens (tertiary/aromatic N) is 2. The lowest BCUT2D eigenvalue weighted by molar-refractivity contribution is 0.0995. The molecule has 14 heavy (non-hydrogen) atoms. The predicted octanol–water partition coefficient (Wildman–Crippen LogP) is 1.74. The molecular weight excluding hydrogens is 205 g/mol. The van der Waals surface area contributed by atoms with Gasteiger partial charge < -0.3 is 0 Å². The van der Waals surface area contributed by atoms with Crippen molar-refractivity contribution in [3.8, 4) is 0 Å². The number of carbonyl (C=O) groups excluding carboxylic acids is 1. The molecule has 74 valence electrons. The third-order valence-corrected chi connectivity index (χ3v) is 1.71. The molecule has 1 heterocycles. The molecule has 0 radical (unpaired) electrons. The Hall–Kier alpha value is -1.39. The third-order valence-electron chi connectivity index (χ3n) is 1.62. The molecule has 0 spiro atoms. The van der Waals surface area contributed by atoms with Crippen LogP contribution in [0.15, 0.2) is 4.99 Å². The number of hydrogen-bond acceptors (Lipinski definition) is 3. The number of isothiocyanates is 1. The predicted molar refractivity (Wildman–Crippen MR) is 51.9 cm³/mol. The first-order valence-electron chi connectivity index (χ1n) is 4.05. The Labute approximate surface area is 85.2 Å². The number of nitrogens with one attached hydrogen (secondary N) is 1. The molecule has 1 N–H and O–H groups in total. The standard InChI is InChI=1S/C8H8FN3OS/c1-2-3-5-6(9)7(12-11-5)8(13)10-4-14/h2-3H2,1H3,(H,11,12). The number of aromatic amines is 1. The first-order chi connectivity index (χ1) is 6.70. The molecule has 0 saturated carbocycles. The maximum atomic E-state index is 13.4. The average molecular weight is 213 g/mol. The molecule has 0 aliphatic rings. The lowest BCUT2D eigenvalue weighted by atomic mass is 10.2. The molecule has 0 bridgehead atoms. The zero-order valence-corrected chi connectivity index (χ0v) is 8.32. The topological polar surface area (TPSA) is 58.1 Å². The van der Waals surface area contributed by atoms with Crippen molar-refractivity contribution in [1.82, 2.24) is 10.2 Å². The van der Waals surface area contributed by atoms with Gasteiger partial charge in [0.1, 0.15) is 0 Å². The van der Waals surface area contributed by atoms with Gasteiger partial charge in [-0.05, 0) is 18.6 Å². The highest BCUT2D eigenvalue weighted by atomic mass is 32.1. The number of rotatable bonds is 3. The molecule has 0 fully saturated rings. The summed E-state index contributed by atoms with van der Waals surface area (Å²) in [4.78, 5) is 14.2. The van der Waals surface area contributed by atoms with Gasteiger partial charge in [0.25, 0.3) is 0 Å². The van der Waals surface area contributed by atoms with Crippen molar-refractivity contribution in [2.24, 2.45) is 4.99 Å². The average Bonchev–Trinajstić information content (AvgIpc) is 2.49. The Morgan fingerprint density at radius 2 is 2.50 bits per heavy atom. The molecule has 1 aromatic heterocycles. The monoisotopic (exact) mass is 213 g/mol. The van der Waals surface area contributed by atoms with Gasteiger partial charge in [-0.25, -0.2) is 4.39 Å². The van der Waals surface area contributed by atoms with E-state index in [1.165, 1.54) is 0 Å². The largest absolute Gasteiger partial charge is 0.306 e. The van der Waals surface area contributed by atoms with Crippen LogP contribution in [-0.4, -0.2) is 21.3 Å². The molecule has 4 nitrogen and oxygen atoms in total. The van der Waals surface area contributed by atoms with E-state index in [2.05, 4.69) is 27.4 Å². The molecule has 6 heteroatoms. The van der Waals surface area contributed by atoms with Crippen molar-refractivity contribution >= 4 is 23.3 Å². The fourth-order valence-corrected chi connectivity index (χ4v) is 1.09. The van der Waals surface area contributed by atoms with Gasteiger partial charge in [0.05, 0.1) is 10.9 Å². The second kappa shape index (κ2) is 4.74. The molecule has 0 aromatic carbocycles. The number of amides is 1. The molecule has 0 atom stereocenters. The van der Waals surface area contributed by atoms with Crippen LogP contribution in [0.2, 0.25) is 0 Å². The van der Waals surface area contributed by atoms with Gasteiger partial charge in [0, 0.05) is 0 Å². The van der Waals surface area contributed by atoms with Gasteiger partial charge in [-0.1, -0.05) is 13.3 Å². The summed E-state index contributed by atoms with van der Waals surface area (Å²) in [5, 5.41) is 7.83. The van der Waals surface area contributed by atoms with Gasteiger partial charge in [-0.3, -0.25) is 9.89 Å². The molecule has 0 unspecified atom stereocenters. The molecular formula is C8H8FN3OS. The minimum absolute atomic E-state index is 0.246. The minimum atomic E-state index is -0.785. The summed E-state index contributed by atoms with van der Waals surface area (Å²) in [7, 11) is 0. The first kappa shape index (κ1) is 10.7. The first-order valence-corrected chi connectivity index (χ1v) is 4.46. The van der Waals surface area contributed by atoms with Crippen LogP contribution in [0.5, 0.6) is 0 Å². The molecule has 0 aliphatic heterocycles. The van der Waals surface area contributed by atoms with E-state index in [9.17, 15) is 9.18 Å². The van der Waals surface area contributed by atoms with E-state index in [0.29, 0.717) is 6.42 Å². The zero-order valence-electron chi connectivity index (χ0n) is 7.50. The van der Waals surface area contributed by atoms with Crippen LogP contribution < -0.4 is 0 Å². The molecule has 0 saturated heterocycles. The van der Waals surface area contributed by atoms with Crippen LogP contribution in [0.3, 0.4) is 0 Å². The fraction of sp³-hybridized carbons (Fsp3) is 0.375. The summed E-state index contributed by atoms with van der Waals surface area (Å²) < 4.78 is 13.4. The highest BCUT2D eigenvalue weighted by Gasteiger charge is 2.17. The second-order valence-corrected chi connectivity index (χ2v) is 2.80. The maximum absolute atomic E-state index is 13.4. The zero-order chi connectivity index (χ0) is 10.6. The molecule has 1 rings (SSSR count). The molecule has 1 aromatic rings. The Bertz CT molecular complexity index is 395. The molecule has 0 aliphatic carbocycles.